The maximum Gasteiger partial charge on any atom is 0.268 e. The molecule has 1 aliphatic carbocycles. The van der Waals surface area contributed by atoms with Crippen LogP contribution >= 0.6 is 0 Å². The van der Waals surface area contributed by atoms with Gasteiger partial charge in [0.15, 0.2) is 11.9 Å². The summed E-state index contributed by atoms with van der Waals surface area (Å²) in [6.07, 6.45) is 3.69. The lowest BCUT2D eigenvalue weighted by atomic mass is 10.2. The van der Waals surface area contributed by atoms with Gasteiger partial charge in [0.05, 0.1) is 12.8 Å². The molecule has 178 valence electrons. The Morgan fingerprint density at radius 2 is 2.03 bits per heavy atom. The van der Waals surface area contributed by atoms with Crippen molar-refractivity contribution in [2.45, 2.75) is 31.9 Å². The average Bonchev–Trinajstić information content (AvgIpc) is 3.45. The van der Waals surface area contributed by atoms with Gasteiger partial charge in [-0.25, -0.2) is 9.37 Å². The topological polar surface area (TPSA) is 103 Å². The van der Waals surface area contributed by atoms with E-state index in [1.165, 1.54) is 34.9 Å². The van der Waals surface area contributed by atoms with Crippen LogP contribution in [0.2, 0.25) is 0 Å². The lowest BCUT2D eigenvalue weighted by Gasteiger charge is -2.17. The Morgan fingerprint density at radius 1 is 1.21 bits per heavy atom. The molecular weight excluding hydrogens is 443 g/mol. The molecular formula is C23H25FN6O4. The third kappa shape index (κ3) is 4.63. The van der Waals surface area contributed by atoms with Gasteiger partial charge < -0.3 is 19.3 Å². The Kier molecular flexibility index (Phi) is 5.76. The van der Waals surface area contributed by atoms with Crippen molar-refractivity contribution in [1.82, 2.24) is 24.9 Å². The molecule has 2 amide bonds. The number of halogens is 1. The van der Waals surface area contributed by atoms with Crippen molar-refractivity contribution in [2.75, 3.05) is 32.1 Å². The zero-order chi connectivity index (χ0) is 23.8. The highest BCUT2D eigenvalue weighted by Gasteiger charge is 2.35. The predicted octanol–water partition coefficient (Wildman–Crippen LogP) is 2.03. The van der Waals surface area contributed by atoms with Crippen molar-refractivity contribution in [3.05, 3.63) is 36.3 Å². The van der Waals surface area contributed by atoms with Crippen LogP contribution in [0, 0.1) is 11.7 Å². The summed E-state index contributed by atoms with van der Waals surface area (Å²) in [5.41, 5.74) is 0.684. The number of aromatic nitrogens is 4. The van der Waals surface area contributed by atoms with Crippen LogP contribution in [0.1, 0.15) is 19.3 Å². The van der Waals surface area contributed by atoms with Crippen LogP contribution in [0.3, 0.4) is 0 Å². The van der Waals surface area contributed by atoms with Crippen LogP contribution in [0.25, 0.3) is 11.0 Å². The molecule has 0 bridgehead atoms. The monoisotopic (exact) mass is 468 g/mol. The number of anilines is 1. The number of carbonyl (C=O) groups excluding carboxylic acids is 2. The molecule has 0 N–H and O–H groups in total. The second kappa shape index (κ2) is 8.88. The van der Waals surface area contributed by atoms with Crippen molar-refractivity contribution in [2.24, 2.45) is 5.92 Å². The average molecular weight is 468 g/mol. The lowest BCUT2D eigenvalue weighted by molar-refractivity contribution is -0.129. The minimum absolute atomic E-state index is 0.0461. The first-order valence-electron chi connectivity index (χ1n) is 11.2. The molecule has 10 nitrogen and oxygen atoms in total. The molecule has 1 atom stereocenters. The predicted molar refractivity (Wildman–Crippen MR) is 120 cm³/mol. The largest absolute Gasteiger partial charge is 0.479 e. The molecule has 34 heavy (non-hydrogen) atoms. The van der Waals surface area contributed by atoms with Gasteiger partial charge in [-0.15, -0.1) is 5.10 Å². The molecule has 1 saturated carbocycles. The van der Waals surface area contributed by atoms with E-state index >= 15 is 0 Å². The van der Waals surface area contributed by atoms with Crippen LogP contribution in [-0.4, -0.2) is 70.0 Å². The molecule has 3 aromatic rings. The van der Waals surface area contributed by atoms with E-state index in [-0.39, 0.29) is 29.4 Å². The molecule has 1 saturated heterocycles. The third-order valence-corrected chi connectivity index (χ3v) is 5.86. The zero-order valence-corrected chi connectivity index (χ0v) is 19.0. The maximum absolute atomic E-state index is 14.7. The molecule has 0 unspecified atom stereocenters. The van der Waals surface area contributed by atoms with Crippen LogP contribution in [-0.2, 0) is 16.1 Å². The second-order valence-corrected chi connectivity index (χ2v) is 8.79. The van der Waals surface area contributed by atoms with Crippen LogP contribution < -0.4 is 14.4 Å². The van der Waals surface area contributed by atoms with Crippen LogP contribution in [0.5, 0.6) is 11.6 Å². The van der Waals surface area contributed by atoms with E-state index in [1.54, 1.807) is 32.3 Å². The van der Waals surface area contributed by atoms with Crippen LogP contribution in [0.15, 0.2) is 30.5 Å². The molecule has 0 radical (unpaired) electrons. The summed E-state index contributed by atoms with van der Waals surface area (Å²) in [6.45, 7) is 0.940. The number of fused-ring (bicyclic) bond motifs is 1. The van der Waals surface area contributed by atoms with Gasteiger partial charge in [0.2, 0.25) is 11.8 Å². The van der Waals surface area contributed by atoms with E-state index in [0.29, 0.717) is 42.8 Å². The van der Waals surface area contributed by atoms with E-state index in [2.05, 4.69) is 15.2 Å². The van der Waals surface area contributed by atoms with Gasteiger partial charge >= 0.3 is 0 Å². The van der Waals surface area contributed by atoms with Crippen molar-refractivity contribution < 1.29 is 23.5 Å². The van der Waals surface area contributed by atoms with Crippen molar-refractivity contribution in [3.8, 4) is 11.6 Å². The molecule has 2 fully saturated rings. The highest BCUT2D eigenvalue weighted by atomic mass is 19.1. The first kappa shape index (κ1) is 22.1. The van der Waals surface area contributed by atoms with E-state index < -0.39 is 11.9 Å². The zero-order valence-electron chi connectivity index (χ0n) is 19.0. The van der Waals surface area contributed by atoms with E-state index in [9.17, 15) is 14.0 Å². The molecule has 1 aromatic carbocycles. The van der Waals surface area contributed by atoms with Gasteiger partial charge in [-0.1, -0.05) is 0 Å². The molecule has 3 heterocycles. The summed E-state index contributed by atoms with van der Waals surface area (Å²) in [4.78, 5) is 33.2. The number of carbonyl (C=O) groups is 2. The molecule has 1 aliphatic heterocycles. The standard InChI is InChI=1S/C23H25FN6O4/c1-28(2)21(31)12-30-26-18-10-15(9-17(24)22(18)27-30)29-8-7-19(23(29)32)34-16-5-6-20(25-11-16)33-13-14-3-4-14/h5-6,9-11,14,19H,3-4,7-8,12-13H2,1-2H3/t19-/m1/s1. The Morgan fingerprint density at radius 3 is 2.74 bits per heavy atom. The number of hydrogen-bond acceptors (Lipinski definition) is 7. The quantitative estimate of drug-likeness (QED) is 0.498. The Balaban J connectivity index is 1.26. The summed E-state index contributed by atoms with van der Waals surface area (Å²) < 4.78 is 26.2. The Hall–Kier alpha value is -3.76. The summed E-state index contributed by atoms with van der Waals surface area (Å²) in [6, 6.07) is 6.30. The molecule has 2 aromatic heterocycles. The number of nitrogens with zero attached hydrogens (tertiary/aromatic N) is 6. The van der Waals surface area contributed by atoms with Crippen molar-refractivity contribution in [1.29, 1.82) is 0 Å². The normalized spacial score (nSPS) is 17.9. The summed E-state index contributed by atoms with van der Waals surface area (Å²) in [5, 5.41) is 8.27. The number of likely N-dealkylation sites (N-methyl/N-ethyl adjacent to an activating group) is 1. The van der Waals surface area contributed by atoms with E-state index in [4.69, 9.17) is 9.47 Å². The second-order valence-electron chi connectivity index (χ2n) is 8.79. The fourth-order valence-corrected chi connectivity index (χ4v) is 3.69. The highest BCUT2D eigenvalue weighted by Crippen LogP contribution is 2.30. The smallest absolute Gasteiger partial charge is 0.268 e. The summed E-state index contributed by atoms with van der Waals surface area (Å²) in [7, 11) is 3.24. The summed E-state index contributed by atoms with van der Waals surface area (Å²) >= 11 is 0. The fourth-order valence-electron chi connectivity index (χ4n) is 3.69. The van der Waals surface area contributed by atoms with Crippen molar-refractivity contribution in [3.63, 3.8) is 0 Å². The fraction of sp³-hybridized carbons (Fsp3) is 0.435. The minimum Gasteiger partial charge on any atom is -0.479 e. The first-order valence-corrected chi connectivity index (χ1v) is 11.2. The highest BCUT2D eigenvalue weighted by molar-refractivity contribution is 6.00. The summed E-state index contributed by atoms with van der Waals surface area (Å²) in [5.74, 6) is 0.528. The number of rotatable bonds is 8. The Labute approximate surface area is 195 Å². The number of ether oxygens (including phenoxy) is 2. The first-order chi connectivity index (χ1) is 16.4. The SMILES string of the molecule is CN(C)C(=O)Cn1nc2cc(N3CC[C@@H](Oc4ccc(OCC5CC5)nc4)C3=O)cc(F)c2n1. The van der Waals surface area contributed by atoms with Crippen LogP contribution in [0.4, 0.5) is 10.1 Å². The van der Waals surface area contributed by atoms with Gasteiger partial charge in [-0.3, -0.25) is 9.59 Å². The molecule has 0 spiro atoms. The van der Waals surface area contributed by atoms with E-state index in [0.717, 1.165) is 4.80 Å². The number of benzene rings is 1. The number of hydrogen-bond donors (Lipinski definition) is 0. The third-order valence-electron chi connectivity index (χ3n) is 5.86. The number of amides is 2. The van der Waals surface area contributed by atoms with Gasteiger partial charge in [0.1, 0.15) is 23.3 Å². The van der Waals surface area contributed by atoms with Gasteiger partial charge in [0.25, 0.3) is 5.91 Å². The molecule has 5 rings (SSSR count). The van der Waals surface area contributed by atoms with Gasteiger partial charge in [0, 0.05) is 44.9 Å². The molecule has 11 heteroatoms. The van der Waals surface area contributed by atoms with Gasteiger partial charge in [-0.05, 0) is 30.9 Å². The molecule has 2 aliphatic rings. The minimum atomic E-state index is -0.702. The number of pyridine rings is 1. The van der Waals surface area contributed by atoms with Gasteiger partial charge in [-0.2, -0.15) is 9.90 Å². The van der Waals surface area contributed by atoms with Crippen molar-refractivity contribution >= 4 is 28.5 Å². The lowest BCUT2D eigenvalue weighted by Crippen LogP contribution is -2.32. The van der Waals surface area contributed by atoms with E-state index in [1.807, 2.05) is 0 Å². The maximum atomic E-state index is 14.7. The Bertz CT molecular complexity index is 1220.